The van der Waals surface area contributed by atoms with Crippen LogP contribution >= 0.6 is 0 Å². The van der Waals surface area contributed by atoms with Gasteiger partial charge in [-0.15, -0.1) is 0 Å². The average Bonchev–Trinajstić information content (AvgIpc) is 3.20. The summed E-state index contributed by atoms with van der Waals surface area (Å²) in [5.41, 5.74) is 1.13. The number of sulfonamides is 1. The van der Waals surface area contributed by atoms with Crippen LogP contribution in [0.3, 0.4) is 0 Å². The molecule has 0 spiro atoms. The molecule has 1 atom stereocenters. The number of piperazine rings is 1. The summed E-state index contributed by atoms with van der Waals surface area (Å²) in [6.45, 7) is 8.04. The minimum Gasteiger partial charge on any atom is -0.376 e. The van der Waals surface area contributed by atoms with E-state index in [1.807, 2.05) is 12.1 Å². The number of ether oxygens (including phenoxy) is 1. The third kappa shape index (κ3) is 5.31. The van der Waals surface area contributed by atoms with Crippen LogP contribution in [0.25, 0.3) is 0 Å². The molecule has 1 aromatic carbocycles. The standard InChI is InChI=1S/C20H31N3O4S/c1-16(2)17-5-7-19(8-6-17)28(25,26)23-11-9-22(10-12-23)15-20(24)21-14-18-4-3-13-27-18/h5-8,16,18H,3-4,9-15H2,1-2H3,(H,21,24)/p+1/t18-/m0/s1. The predicted molar refractivity (Wildman–Crippen MR) is 107 cm³/mol. The molecule has 8 heteroatoms. The molecule has 156 valence electrons. The maximum absolute atomic E-state index is 12.9. The summed E-state index contributed by atoms with van der Waals surface area (Å²) in [5, 5.41) is 2.94. The van der Waals surface area contributed by atoms with Crippen LogP contribution in [-0.4, -0.2) is 70.6 Å². The Bertz CT molecular complexity index is 750. The van der Waals surface area contributed by atoms with Gasteiger partial charge in [-0.3, -0.25) is 4.79 Å². The molecule has 0 radical (unpaired) electrons. The summed E-state index contributed by atoms with van der Waals surface area (Å²) in [6.07, 6.45) is 2.20. The van der Waals surface area contributed by atoms with E-state index in [0.717, 1.165) is 29.9 Å². The van der Waals surface area contributed by atoms with Gasteiger partial charge in [-0.1, -0.05) is 26.0 Å². The first-order chi connectivity index (χ1) is 13.4. The predicted octanol–water partition coefficient (Wildman–Crippen LogP) is -0.00560. The Morgan fingerprint density at radius 2 is 1.93 bits per heavy atom. The van der Waals surface area contributed by atoms with Crippen molar-refractivity contribution < 1.29 is 22.8 Å². The van der Waals surface area contributed by atoms with Crippen LogP contribution in [0.2, 0.25) is 0 Å². The lowest BCUT2D eigenvalue weighted by molar-refractivity contribution is -0.895. The van der Waals surface area contributed by atoms with Gasteiger partial charge in [-0.05, 0) is 36.5 Å². The van der Waals surface area contributed by atoms with E-state index in [1.165, 1.54) is 4.31 Å². The molecule has 7 nitrogen and oxygen atoms in total. The van der Waals surface area contributed by atoms with Gasteiger partial charge in [0.1, 0.15) is 0 Å². The number of benzene rings is 1. The number of quaternary nitrogens is 1. The average molecular weight is 411 g/mol. The van der Waals surface area contributed by atoms with Gasteiger partial charge in [0.2, 0.25) is 10.0 Å². The molecule has 0 saturated carbocycles. The fraction of sp³-hybridized carbons (Fsp3) is 0.650. The number of hydrogen-bond acceptors (Lipinski definition) is 4. The Labute approximate surface area is 168 Å². The molecule has 2 aliphatic rings. The van der Waals surface area contributed by atoms with Crippen LogP contribution in [0.15, 0.2) is 29.2 Å². The Morgan fingerprint density at radius 1 is 1.25 bits per heavy atom. The van der Waals surface area contributed by atoms with Crippen molar-refractivity contribution in [3.8, 4) is 0 Å². The molecule has 2 N–H and O–H groups in total. The van der Waals surface area contributed by atoms with E-state index in [0.29, 0.717) is 50.1 Å². The normalized spacial score (nSPS) is 21.9. The molecule has 0 bridgehead atoms. The minimum atomic E-state index is -3.47. The second-order valence-corrected chi connectivity index (χ2v) is 9.93. The molecule has 0 unspecified atom stereocenters. The molecule has 28 heavy (non-hydrogen) atoms. The molecule has 2 aliphatic heterocycles. The highest BCUT2D eigenvalue weighted by atomic mass is 32.2. The highest BCUT2D eigenvalue weighted by Crippen LogP contribution is 2.20. The molecule has 0 aliphatic carbocycles. The summed E-state index contributed by atoms with van der Waals surface area (Å²) in [4.78, 5) is 13.6. The number of amides is 1. The number of rotatable bonds is 7. The first-order valence-corrected chi connectivity index (χ1v) is 11.6. The molecular weight excluding hydrogens is 378 g/mol. The Hall–Kier alpha value is -1.48. The van der Waals surface area contributed by atoms with Gasteiger partial charge in [0, 0.05) is 13.2 Å². The van der Waals surface area contributed by atoms with Crippen molar-refractivity contribution in [2.24, 2.45) is 0 Å². The fourth-order valence-electron chi connectivity index (χ4n) is 3.72. The molecule has 2 saturated heterocycles. The van der Waals surface area contributed by atoms with Crippen LogP contribution in [0, 0.1) is 0 Å². The zero-order valence-corrected chi connectivity index (χ0v) is 17.6. The summed E-state index contributed by atoms with van der Waals surface area (Å²) in [6, 6.07) is 7.17. The Kier molecular flexibility index (Phi) is 7.09. The van der Waals surface area contributed by atoms with Crippen LogP contribution in [0.1, 0.15) is 38.2 Å². The van der Waals surface area contributed by atoms with Gasteiger partial charge in [0.05, 0.1) is 37.2 Å². The molecule has 0 aromatic heterocycles. The lowest BCUT2D eigenvalue weighted by Crippen LogP contribution is -3.15. The van der Waals surface area contributed by atoms with E-state index < -0.39 is 10.0 Å². The number of nitrogens with one attached hydrogen (secondary N) is 2. The maximum Gasteiger partial charge on any atom is 0.275 e. The SMILES string of the molecule is CC(C)c1ccc(S(=O)(=O)N2CC[NH+](CC(=O)NC[C@@H]3CCCO3)CC2)cc1. The highest BCUT2D eigenvalue weighted by molar-refractivity contribution is 7.89. The van der Waals surface area contributed by atoms with Crippen LogP contribution in [0.4, 0.5) is 0 Å². The molecular formula is C20H32N3O4S+. The van der Waals surface area contributed by atoms with Gasteiger partial charge in [-0.2, -0.15) is 4.31 Å². The first kappa shape index (κ1) is 21.2. The molecule has 3 rings (SSSR count). The van der Waals surface area contributed by atoms with Crippen LogP contribution < -0.4 is 10.2 Å². The molecule has 2 heterocycles. The van der Waals surface area contributed by atoms with Crippen molar-refractivity contribution in [2.75, 3.05) is 45.9 Å². The summed E-state index contributed by atoms with van der Waals surface area (Å²) in [7, 11) is -3.47. The third-order valence-corrected chi connectivity index (χ3v) is 7.49. The van der Waals surface area contributed by atoms with Crippen molar-refractivity contribution in [3.63, 3.8) is 0 Å². The second-order valence-electron chi connectivity index (χ2n) is 7.99. The van der Waals surface area contributed by atoms with E-state index >= 15 is 0 Å². The van der Waals surface area contributed by atoms with Crippen LogP contribution in [-0.2, 0) is 19.6 Å². The van der Waals surface area contributed by atoms with Crippen LogP contribution in [0.5, 0.6) is 0 Å². The lowest BCUT2D eigenvalue weighted by atomic mass is 10.0. The second kappa shape index (κ2) is 9.35. The van der Waals surface area contributed by atoms with E-state index in [4.69, 9.17) is 4.74 Å². The maximum atomic E-state index is 12.9. The van der Waals surface area contributed by atoms with Gasteiger partial charge in [0.15, 0.2) is 6.54 Å². The van der Waals surface area contributed by atoms with E-state index in [9.17, 15) is 13.2 Å². The summed E-state index contributed by atoms with van der Waals surface area (Å²) in [5.74, 6) is 0.376. The van der Waals surface area contributed by atoms with Gasteiger partial charge >= 0.3 is 0 Å². The van der Waals surface area contributed by atoms with E-state index in [-0.39, 0.29) is 12.0 Å². The van der Waals surface area contributed by atoms with Gasteiger partial charge in [-0.25, -0.2) is 8.42 Å². The number of carbonyl (C=O) groups excluding carboxylic acids is 1. The van der Waals surface area contributed by atoms with Crippen molar-refractivity contribution >= 4 is 15.9 Å². The quantitative estimate of drug-likeness (QED) is 0.663. The smallest absolute Gasteiger partial charge is 0.275 e. The third-order valence-electron chi connectivity index (χ3n) is 5.58. The minimum absolute atomic E-state index is 0.00563. The monoisotopic (exact) mass is 410 g/mol. The van der Waals surface area contributed by atoms with Crippen molar-refractivity contribution in [1.82, 2.24) is 9.62 Å². The Balaban J connectivity index is 1.47. The van der Waals surface area contributed by atoms with Crippen molar-refractivity contribution in [3.05, 3.63) is 29.8 Å². The topological polar surface area (TPSA) is 80.2 Å². The largest absolute Gasteiger partial charge is 0.376 e. The molecule has 1 amide bonds. The van der Waals surface area contributed by atoms with E-state index in [2.05, 4.69) is 19.2 Å². The number of nitrogens with zero attached hydrogens (tertiary/aromatic N) is 1. The van der Waals surface area contributed by atoms with Gasteiger partial charge < -0.3 is 15.0 Å². The van der Waals surface area contributed by atoms with E-state index in [1.54, 1.807) is 12.1 Å². The molecule has 2 fully saturated rings. The fourth-order valence-corrected chi connectivity index (χ4v) is 5.16. The Morgan fingerprint density at radius 3 is 2.50 bits per heavy atom. The zero-order chi connectivity index (χ0) is 20.1. The molecule has 1 aromatic rings. The summed E-state index contributed by atoms with van der Waals surface area (Å²) >= 11 is 0. The van der Waals surface area contributed by atoms with Crippen molar-refractivity contribution in [1.29, 1.82) is 0 Å². The summed E-state index contributed by atoms with van der Waals surface area (Å²) < 4.78 is 32.8. The number of carbonyl (C=O) groups is 1. The van der Waals surface area contributed by atoms with Gasteiger partial charge in [0.25, 0.3) is 5.91 Å². The number of hydrogen-bond donors (Lipinski definition) is 2. The zero-order valence-electron chi connectivity index (χ0n) is 16.8. The van der Waals surface area contributed by atoms with Crippen molar-refractivity contribution in [2.45, 2.75) is 43.6 Å². The highest BCUT2D eigenvalue weighted by Gasteiger charge is 2.31. The first-order valence-electron chi connectivity index (χ1n) is 10.2. The lowest BCUT2D eigenvalue weighted by Gasteiger charge is -2.31.